The number of halogens is 3. The van der Waals surface area contributed by atoms with Crippen molar-refractivity contribution in [2.24, 2.45) is 0 Å². The van der Waals surface area contributed by atoms with E-state index in [0.717, 1.165) is 4.90 Å². The lowest BCUT2D eigenvalue weighted by atomic mass is 10.1. The van der Waals surface area contributed by atoms with Gasteiger partial charge >= 0.3 is 12.1 Å². The number of allylic oxidation sites excluding steroid dienone is 2. The molecule has 0 aliphatic rings. The van der Waals surface area contributed by atoms with Crippen LogP contribution in [0, 0.1) is 11.3 Å². The Kier molecular flexibility index (Phi) is 4.76. The van der Waals surface area contributed by atoms with E-state index in [1.165, 1.54) is 31.3 Å². The lowest BCUT2D eigenvalue weighted by Gasteiger charge is -2.20. The van der Waals surface area contributed by atoms with Gasteiger partial charge in [0.05, 0.1) is 17.2 Å². The summed E-state index contributed by atoms with van der Waals surface area (Å²) >= 11 is 0. The Morgan fingerprint density at radius 2 is 2.10 bits per heavy atom. The van der Waals surface area contributed by atoms with Crippen molar-refractivity contribution in [1.82, 2.24) is 0 Å². The van der Waals surface area contributed by atoms with Crippen LogP contribution in [0.1, 0.15) is 5.56 Å². The summed E-state index contributed by atoms with van der Waals surface area (Å²) in [6.07, 6.45) is -4.27. The van der Waals surface area contributed by atoms with Crippen LogP contribution in [0.25, 0.3) is 0 Å². The second kappa shape index (κ2) is 6.13. The van der Waals surface area contributed by atoms with Crippen LogP contribution in [0.2, 0.25) is 0 Å². The first kappa shape index (κ1) is 16.3. The van der Waals surface area contributed by atoms with Crippen molar-refractivity contribution in [3.63, 3.8) is 0 Å². The number of carboxylic acid groups (broad SMARTS) is 1. The van der Waals surface area contributed by atoms with Crippen molar-refractivity contribution in [3.8, 4) is 6.07 Å². The molecule has 0 spiro atoms. The average molecular weight is 296 g/mol. The van der Waals surface area contributed by atoms with E-state index >= 15 is 0 Å². The Labute approximate surface area is 119 Å². The molecule has 0 bridgehead atoms. The van der Waals surface area contributed by atoms with E-state index in [0.29, 0.717) is 6.08 Å². The van der Waals surface area contributed by atoms with Crippen LogP contribution < -0.4 is 4.90 Å². The topological polar surface area (TPSA) is 64.3 Å². The van der Waals surface area contributed by atoms with Crippen LogP contribution in [-0.2, 0) is 4.79 Å². The number of hydrogen-bond donors (Lipinski definition) is 1. The third-order valence-corrected chi connectivity index (χ3v) is 2.62. The first-order chi connectivity index (χ1) is 9.66. The first-order valence-electron chi connectivity index (χ1n) is 5.61. The molecule has 1 rings (SSSR count). The molecule has 0 amide bonds. The normalized spacial score (nSPS) is 11.7. The summed E-state index contributed by atoms with van der Waals surface area (Å²) in [5, 5.41) is 17.8. The summed E-state index contributed by atoms with van der Waals surface area (Å²) in [4.78, 5) is 12.2. The maximum absolute atomic E-state index is 12.5. The maximum Gasteiger partial charge on any atom is 0.415 e. The van der Waals surface area contributed by atoms with E-state index in [1.54, 1.807) is 0 Å². The number of benzene rings is 1. The van der Waals surface area contributed by atoms with Crippen molar-refractivity contribution in [2.75, 3.05) is 11.9 Å². The summed E-state index contributed by atoms with van der Waals surface area (Å²) in [5.41, 5.74) is -1.34. The fraction of sp³-hybridized carbons (Fsp3) is 0.143. The highest BCUT2D eigenvalue weighted by molar-refractivity contribution is 5.91. The van der Waals surface area contributed by atoms with Crippen LogP contribution in [0.5, 0.6) is 0 Å². The van der Waals surface area contributed by atoms with Crippen LogP contribution in [0.4, 0.5) is 18.9 Å². The number of carboxylic acids is 1. The van der Waals surface area contributed by atoms with Crippen molar-refractivity contribution in [3.05, 3.63) is 53.8 Å². The van der Waals surface area contributed by atoms with Gasteiger partial charge in [-0.15, -0.1) is 0 Å². The summed E-state index contributed by atoms with van der Waals surface area (Å²) in [6.45, 7) is 2.81. The molecule has 1 aromatic carbocycles. The number of alkyl halides is 3. The van der Waals surface area contributed by atoms with Gasteiger partial charge < -0.3 is 10.0 Å². The fourth-order valence-electron chi connectivity index (χ4n) is 1.47. The quantitative estimate of drug-likeness (QED) is 0.685. The molecular formula is C14H11F3N2O2. The lowest BCUT2D eigenvalue weighted by Crippen LogP contribution is -2.24. The number of nitrogens with zero attached hydrogens (tertiary/aromatic N) is 2. The Hall–Kier alpha value is -2.75. The molecule has 1 aromatic rings. The largest absolute Gasteiger partial charge is 0.477 e. The zero-order valence-electron chi connectivity index (χ0n) is 11.0. The molecule has 0 aliphatic heterocycles. The molecule has 0 radical (unpaired) electrons. The Bertz CT molecular complexity index is 642. The lowest BCUT2D eigenvalue weighted by molar-refractivity contribution is -0.132. The monoisotopic (exact) mass is 296 g/mol. The molecular weight excluding hydrogens is 285 g/mol. The average Bonchev–Trinajstić information content (AvgIpc) is 2.42. The SMILES string of the molecule is C=C(/C=C(/C(=O)O)N(C)c1cccc(C#N)c1)C(F)(F)F. The molecule has 1 N–H and O–H groups in total. The summed E-state index contributed by atoms with van der Waals surface area (Å²) in [5.74, 6) is -1.54. The highest BCUT2D eigenvalue weighted by atomic mass is 19.4. The molecule has 21 heavy (non-hydrogen) atoms. The number of nitriles is 1. The second-order valence-electron chi connectivity index (χ2n) is 4.08. The molecule has 4 nitrogen and oxygen atoms in total. The molecule has 0 heterocycles. The minimum atomic E-state index is -4.71. The Morgan fingerprint density at radius 1 is 1.48 bits per heavy atom. The number of rotatable bonds is 4. The van der Waals surface area contributed by atoms with Gasteiger partial charge in [-0.1, -0.05) is 12.6 Å². The standard InChI is InChI=1S/C14H11F3N2O2/c1-9(14(15,16)17)6-12(13(20)21)19(2)11-5-3-4-10(7-11)8-18/h3-7H,1H2,2H3,(H,20,21)/b12-6-. The second-order valence-corrected chi connectivity index (χ2v) is 4.08. The molecule has 0 aromatic heterocycles. The van der Waals surface area contributed by atoms with E-state index in [2.05, 4.69) is 6.58 Å². The van der Waals surface area contributed by atoms with Crippen LogP contribution in [0.3, 0.4) is 0 Å². The van der Waals surface area contributed by atoms with Gasteiger partial charge in [-0.25, -0.2) is 4.79 Å². The van der Waals surface area contributed by atoms with Gasteiger partial charge in [-0.3, -0.25) is 0 Å². The maximum atomic E-state index is 12.5. The predicted octanol–water partition coefficient (Wildman–Crippen LogP) is 3.08. The number of carbonyl (C=O) groups is 1. The highest BCUT2D eigenvalue weighted by Crippen LogP contribution is 2.27. The Balaban J connectivity index is 3.23. The van der Waals surface area contributed by atoms with Gasteiger partial charge in [-0.2, -0.15) is 18.4 Å². The predicted molar refractivity (Wildman–Crippen MR) is 70.5 cm³/mol. The van der Waals surface area contributed by atoms with Gasteiger partial charge in [0.25, 0.3) is 0 Å². The van der Waals surface area contributed by atoms with Gasteiger partial charge in [0.1, 0.15) is 5.70 Å². The van der Waals surface area contributed by atoms with Gasteiger partial charge in [0, 0.05) is 12.7 Å². The van der Waals surface area contributed by atoms with E-state index in [1.807, 2.05) is 6.07 Å². The molecule has 0 unspecified atom stereocenters. The third kappa shape index (κ3) is 4.11. The van der Waals surface area contributed by atoms with Crippen molar-refractivity contribution >= 4 is 11.7 Å². The summed E-state index contributed by atoms with van der Waals surface area (Å²) in [7, 11) is 1.29. The minimum absolute atomic E-state index is 0.263. The number of hydrogen-bond acceptors (Lipinski definition) is 3. The summed E-state index contributed by atoms with van der Waals surface area (Å²) in [6, 6.07) is 7.71. The van der Waals surface area contributed by atoms with Gasteiger partial charge in [0.15, 0.2) is 0 Å². The minimum Gasteiger partial charge on any atom is -0.477 e. The first-order valence-corrected chi connectivity index (χ1v) is 5.61. The fourth-order valence-corrected chi connectivity index (χ4v) is 1.47. The van der Waals surface area contributed by atoms with Crippen LogP contribution >= 0.6 is 0 Å². The molecule has 7 heteroatoms. The van der Waals surface area contributed by atoms with Crippen molar-refractivity contribution < 1.29 is 23.1 Å². The van der Waals surface area contributed by atoms with Crippen LogP contribution in [0.15, 0.2) is 48.2 Å². The van der Waals surface area contributed by atoms with Gasteiger partial charge in [-0.05, 0) is 24.3 Å². The van der Waals surface area contributed by atoms with Crippen molar-refractivity contribution in [2.45, 2.75) is 6.18 Å². The number of anilines is 1. The van der Waals surface area contributed by atoms with E-state index < -0.39 is 23.4 Å². The summed E-state index contributed by atoms with van der Waals surface area (Å²) < 4.78 is 37.4. The molecule has 0 saturated carbocycles. The van der Waals surface area contributed by atoms with Crippen molar-refractivity contribution in [1.29, 1.82) is 5.26 Å². The smallest absolute Gasteiger partial charge is 0.415 e. The molecule has 0 aliphatic carbocycles. The van der Waals surface area contributed by atoms with Crippen LogP contribution in [-0.4, -0.2) is 24.3 Å². The molecule has 0 fully saturated rings. The molecule has 0 atom stereocenters. The molecule has 110 valence electrons. The van der Waals surface area contributed by atoms with E-state index in [9.17, 15) is 18.0 Å². The number of aliphatic carboxylic acids is 1. The van der Waals surface area contributed by atoms with E-state index in [-0.39, 0.29) is 11.3 Å². The molecule has 0 saturated heterocycles. The van der Waals surface area contributed by atoms with E-state index in [4.69, 9.17) is 10.4 Å². The Morgan fingerprint density at radius 3 is 2.57 bits per heavy atom. The zero-order chi connectivity index (χ0) is 16.2. The third-order valence-electron chi connectivity index (χ3n) is 2.62. The number of likely N-dealkylation sites (N-methyl/N-ethyl adjacent to an activating group) is 1. The zero-order valence-corrected chi connectivity index (χ0v) is 11.0. The highest BCUT2D eigenvalue weighted by Gasteiger charge is 2.32. The van der Waals surface area contributed by atoms with Gasteiger partial charge in [0.2, 0.25) is 0 Å².